The maximum absolute atomic E-state index is 12.2. The highest BCUT2D eigenvalue weighted by atomic mass is 32.2. The summed E-state index contributed by atoms with van der Waals surface area (Å²) in [5.41, 5.74) is 1.78. The minimum Gasteiger partial charge on any atom is -0.363 e. The van der Waals surface area contributed by atoms with Crippen LogP contribution in [-0.4, -0.2) is 26.7 Å². The van der Waals surface area contributed by atoms with Gasteiger partial charge in [0.1, 0.15) is 0 Å². The molecule has 0 radical (unpaired) electrons. The van der Waals surface area contributed by atoms with Crippen LogP contribution in [-0.2, 0) is 26.0 Å². The van der Waals surface area contributed by atoms with Gasteiger partial charge in [-0.15, -0.1) is 0 Å². The molecule has 116 valence electrons. The highest BCUT2D eigenvalue weighted by Crippen LogP contribution is 2.27. The Hall–Kier alpha value is -1.40. The van der Waals surface area contributed by atoms with Crippen molar-refractivity contribution < 1.29 is 17.9 Å². The predicted molar refractivity (Wildman–Crippen MR) is 80.2 cm³/mol. The number of ether oxygens (including phenoxy) is 1. The third-order valence-corrected chi connectivity index (χ3v) is 5.21. The van der Waals surface area contributed by atoms with E-state index in [0.717, 1.165) is 24.0 Å². The van der Waals surface area contributed by atoms with E-state index in [1.54, 1.807) is 6.07 Å². The van der Waals surface area contributed by atoms with E-state index in [1.165, 1.54) is 0 Å². The Balaban J connectivity index is 2.12. The van der Waals surface area contributed by atoms with E-state index < -0.39 is 22.0 Å². The average molecular weight is 311 g/mol. The first-order valence-corrected chi connectivity index (χ1v) is 8.82. The molecule has 21 heavy (non-hydrogen) atoms. The van der Waals surface area contributed by atoms with Crippen LogP contribution in [0.25, 0.3) is 0 Å². The van der Waals surface area contributed by atoms with Gasteiger partial charge in [-0.2, -0.15) is 0 Å². The van der Waals surface area contributed by atoms with Crippen LogP contribution < -0.4 is 4.72 Å². The topological polar surface area (TPSA) is 72.5 Å². The van der Waals surface area contributed by atoms with E-state index >= 15 is 0 Å². The zero-order valence-electron chi connectivity index (χ0n) is 12.3. The quantitative estimate of drug-likeness (QED) is 0.900. The van der Waals surface area contributed by atoms with Gasteiger partial charge in [-0.05, 0) is 23.5 Å². The summed E-state index contributed by atoms with van der Waals surface area (Å²) < 4.78 is 31.6. The van der Waals surface area contributed by atoms with Crippen LogP contribution >= 0.6 is 0 Å². The van der Waals surface area contributed by atoms with Crippen molar-refractivity contribution in [1.82, 2.24) is 4.72 Å². The molecular weight excluding hydrogens is 290 g/mol. The zero-order valence-corrected chi connectivity index (χ0v) is 13.2. The Morgan fingerprint density at radius 2 is 2.14 bits per heavy atom. The fourth-order valence-corrected chi connectivity index (χ4v) is 3.83. The van der Waals surface area contributed by atoms with Crippen molar-refractivity contribution in [3.8, 4) is 0 Å². The molecular formula is C15H21NO4S. The van der Waals surface area contributed by atoms with Crippen LogP contribution in [0.4, 0.5) is 0 Å². The third kappa shape index (κ3) is 4.04. The summed E-state index contributed by atoms with van der Waals surface area (Å²) in [6.45, 7) is 4.18. The van der Waals surface area contributed by atoms with Gasteiger partial charge in [0.25, 0.3) is 5.91 Å². The minimum absolute atomic E-state index is 0.00913. The molecule has 5 nitrogen and oxygen atoms in total. The Morgan fingerprint density at radius 3 is 2.86 bits per heavy atom. The highest BCUT2D eigenvalue weighted by molar-refractivity contribution is 7.90. The number of amides is 1. The fourth-order valence-electron chi connectivity index (χ4n) is 2.35. The molecule has 0 fully saturated rings. The third-order valence-electron chi connectivity index (χ3n) is 3.69. The molecule has 1 aliphatic rings. The Kier molecular flexibility index (Phi) is 5.00. The molecule has 1 amide bonds. The number of hydrogen-bond donors (Lipinski definition) is 1. The van der Waals surface area contributed by atoms with Gasteiger partial charge >= 0.3 is 0 Å². The van der Waals surface area contributed by atoms with Gasteiger partial charge in [0.05, 0.1) is 12.4 Å². The van der Waals surface area contributed by atoms with Gasteiger partial charge in [-0.25, -0.2) is 8.42 Å². The van der Waals surface area contributed by atoms with Gasteiger partial charge in [-0.1, -0.05) is 44.5 Å². The van der Waals surface area contributed by atoms with Crippen LogP contribution in [0, 0.1) is 5.92 Å². The molecule has 1 heterocycles. The number of sulfonamides is 1. The lowest BCUT2D eigenvalue weighted by Gasteiger charge is -2.25. The molecule has 0 aromatic heterocycles. The number of fused-ring (bicyclic) bond motifs is 1. The van der Waals surface area contributed by atoms with Gasteiger partial charge in [-0.3, -0.25) is 9.52 Å². The molecule has 1 aromatic rings. The highest BCUT2D eigenvalue weighted by Gasteiger charge is 2.30. The van der Waals surface area contributed by atoms with Crippen LogP contribution in [0.1, 0.15) is 37.5 Å². The molecule has 1 aliphatic heterocycles. The first-order valence-electron chi connectivity index (χ1n) is 7.16. The number of rotatable bonds is 5. The molecule has 0 spiro atoms. The van der Waals surface area contributed by atoms with E-state index in [2.05, 4.69) is 4.72 Å². The first kappa shape index (κ1) is 16.0. The average Bonchev–Trinajstić information content (AvgIpc) is 2.45. The normalized spacial score (nSPS) is 19.6. The second kappa shape index (κ2) is 6.58. The first-order chi connectivity index (χ1) is 9.93. The predicted octanol–water partition coefficient (Wildman–Crippen LogP) is 1.79. The maximum atomic E-state index is 12.2. The smallest absolute Gasteiger partial charge is 0.267 e. The number of benzene rings is 1. The zero-order chi connectivity index (χ0) is 15.5. The Labute approximate surface area is 125 Å². The molecule has 0 unspecified atom stereocenters. The van der Waals surface area contributed by atoms with Crippen molar-refractivity contribution in [2.24, 2.45) is 5.92 Å². The molecule has 1 aromatic carbocycles. The van der Waals surface area contributed by atoms with Gasteiger partial charge in [0.2, 0.25) is 10.0 Å². The number of carbonyl (C=O) groups excluding carboxylic acids is 1. The van der Waals surface area contributed by atoms with E-state index in [9.17, 15) is 13.2 Å². The fraction of sp³-hybridized carbons (Fsp3) is 0.533. The summed E-state index contributed by atoms with van der Waals surface area (Å²) in [5, 5.41) is 0. The van der Waals surface area contributed by atoms with E-state index in [-0.39, 0.29) is 11.7 Å². The second-order valence-corrected chi connectivity index (χ2v) is 7.23. The number of carbonyl (C=O) groups is 1. The van der Waals surface area contributed by atoms with E-state index in [0.29, 0.717) is 6.61 Å². The maximum Gasteiger partial charge on any atom is 0.267 e. The lowest BCUT2D eigenvalue weighted by atomic mass is 9.97. The Bertz CT molecular complexity index is 612. The number of nitrogens with one attached hydrogen (secondary N) is 1. The molecule has 0 aliphatic carbocycles. The molecule has 6 heteroatoms. The second-order valence-electron chi connectivity index (χ2n) is 5.46. The monoisotopic (exact) mass is 311 g/mol. The summed E-state index contributed by atoms with van der Waals surface area (Å²) in [5.74, 6) is -0.649. The molecule has 0 saturated carbocycles. The molecule has 0 saturated heterocycles. The van der Waals surface area contributed by atoms with Gasteiger partial charge in [0.15, 0.2) is 6.10 Å². The molecule has 1 N–H and O–H groups in total. The SMILES string of the molecule is CC[C@@H](C)CS(=O)(=O)NC(=O)[C@H]1OCCc2ccccc21. The largest absolute Gasteiger partial charge is 0.363 e. The molecule has 0 bridgehead atoms. The standard InChI is InChI=1S/C15H21NO4S/c1-3-11(2)10-21(18,19)16-15(17)14-13-7-5-4-6-12(13)8-9-20-14/h4-7,11,14H,3,8-10H2,1-2H3,(H,16,17)/t11-,14+/m1/s1. The van der Waals surface area contributed by atoms with E-state index in [4.69, 9.17) is 4.74 Å². The minimum atomic E-state index is -3.62. The molecule has 2 atom stereocenters. The lowest BCUT2D eigenvalue weighted by molar-refractivity contribution is -0.132. The van der Waals surface area contributed by atoms with Crippen molar-refractivity contribution in [1.29, 1.82) is 0 Å². The Morgan fingerprint density at radius 1 is 1.43 bits per heavy atom. The van der Waals surface area contributed by atoms with Crippen molar-refractivity contribution in [2.75, 3.05) is 12.4 Å². The lowest BCUT2D eigenvalue weighted by Crippen LogP contribution is -2.39. The van der Waals surface area contributed by atoms with Crippen molar-refractivity contribution in [2.45, 2.75) is 32.8 Å². The van der Waals surface area contributed by atoms with Crippen LogP contribution in [0.15, 0.2) is 24.3 Å². The summed E-state index contributed by atoms with van der Waals surface area (Å²) in [6.07, 6.45) is 0.638. The molecule has 2 rings (SSSR count). The van der Waals surface area contributed by atoms with E-state index in [1.807, 2.05) is 32.0 Å². The van der Waals surface area contributed by atoms with Crippen LogP contribution in [0.3, 0.4) is 0 Å². The van der Waals surface area contributed by atoms with Gasteiger partial charge in [0, 0.05) is 0 Å². The van der Waals surface area contributed by atoms with Gasteiger partial charge < -0.3 is 4.74 Å². The van der Waals surface area contributed by atoms with Crippen molar-refractivity contribution in [3.05, 3.63) is 35.4 Å². The number of hydrogen-bond acceptors (Lipinski definition) is 4. The summed E-state index contributed by atoms with van der Waals surface area (Å²) in [7, 11) is -3.62. The van der Waals surface area contributed by atoms with Crippen LogP contribution in [0.2, 0.25) is 0 Å². The summed E-state index contributed by atoms with van der Waals surface area (Å²) >= 11 is 0. The summed E-state index contributed by atoms with van der Waals surface area (Å²) in [6, 6.07) is 7.46. The van der Waals surface area contributed by atoms with Crippen molar-refractivity contribution >= 4 is 15.9 Å². The summed E-state index contributed by atoms with van der Waals surface area (Å²) in [4.78, 5) is 12.2. The van der Waals surface area contributed by atoms with Crippen molar-refractivity contribution in [3.63, 3.8) is 0 Å². The van der Waals surface area contributed by atoms with Crippen LogP contribution in [0.5, 0.6) is 0 Å².